The van der Waals surface area contributed by atoms with E-state index in [1.807, 2.05) is 0 Å². The van der Waals surface area contributed by atoms with Gasteiger partial charge in [0.25, 0.3) is 5.91 Å². The number of carbonyl (C=O) groups excluding carboxylic acids is 2. The molecule has 0 aliphatic carbocycles. The fourth-order valence-corrected chi connectivity index (χ4v) is 1.57. The monoisotopic (exact) mass is 282 g/mol. The Hall–Kier alpha value is -1.68. The van der Waals surface area contributed by atoms with Gasteiger partial charge in [-0.25, -0.2) is 4.98 Å². The zero-order valence-electron chi connectivity index (χ0n) is 8.87. The maximum absolute atomic E-state index is 11.9. The smallest absolute Gasteiger partial charge is 0.349 e. The third-order valence-corrected chi connectivity index (χ3v) is 2.40. The number of amides is 2. The van der Waals surface area contributed by atoms with E-state index >= 15 is 0 Å². The zero-order chi connectivity index (χ0) is 13.8. The number of carbonyl (C=O) groups is 2. The lowest BCUT2D eigenvalue weighted by atomic mass is 10.4. The molecule has 1 aromatic heterocycles. The Bertz CT molecular complexity index is 446. The summed E-state index contributed by atoms with van der Waals surface area (Å²) >= 11 is 0.721. The van der Waals surface area contributed by atoms with Gasteiger partial charge in [0.2, 0.25) is 0 Å². The van der Waals surface area contributed by atoms with Crippen LogP contribution in [0.5, 0.6) is 0 Å². The molecule has 0 spiro atoms. The minimum absolute atomic E-state index is 0.0778. The molecule has 0 aliphatic rings. The van der Waals surface area contributed by atoms with Crippen molar-refractivity contribution in [2.75, 3.05) is 18.4 Å². The number of rotatable bonds is 4. The highest BCUT2D eigenvalue weighted by Crippen LogP contribution is 2.20. The van der Waals surface area contributed by atoms with Crippen molar-refractivity contribution in [2.45, 2.75) is 6.18 Å². The molecule has 0 radical (unpaired) electrons. The lowest BCUT2D eigenvalue weighted by molar-refractivity contribution is -0.167. The largest absolute Gasteiger partial charge is 0.471 e. The van der Waals surface area contributed by atoms with E-state index in [1.54, 1.807) is 5.32 Å². The minimum Gasteiger partial charge on any atom is -0.349 e. The molecule has 100 valence electrons. The molecular weight excluding hydrogens is 273 g/mol. The molecule has 0 saturated heterocycles. The van der Waals surface area contributed by atoms with Gasteiger partial charge in [-0.05, 0) is 0 Å². The summed E-state index contributed by atoms with van der Waals surface area (Å²) in [5.41, 5.74) is 5.08. The Balaban J connectivity index is 2.64. The highest BCUT2D eigenvalue weighted by atomic mass is 32.1. The molecule has 0 unspecified atom stereocenters. The van der Waals surface area contributed by atoms with E-state index in [1.165, 1.54) is 5.38 Å². The molecule has 1 aromatic rings. The Morgan fingerprint density at radius 3 is 2.67 bits per heavy atom. The molecule has 6 nitrogen and oxygen atoms in total. The van der Waals surface area contributed by atoms with E-state index < -0.39 is 18.0 Å². The van der Waals surface area contributed by atoms with Crippen molar-refractivity contribution in [3.63, 3.8) is 0 Å². The molecule has 1 rings (SSSR count). The first-order chi connectivity index (χ1) is 8.34. The SMILES string of the molecule is NCCNC(=O)c1csc(NC(=O)C(F)(F)F)n1. The van der Waals surface area contributed by atoms with Crippen LogP contribution in [0.3, 0.4) is 0 Å². The van der Waals surface area contributed by atoms with Gasteiger partial charge in [0, 0.05) is 18.5 Å². The summed E-state index contributed by atoms with van der Waals surface area (Å²) < 4.78 is 35.8. The van der Waals surface area contributed by atoms with Crippen molar-refractivity contribution in [2.24, 2.45) is 5.73 Å². The van der Waals surface area contributed by atoms with Gasteiger partial charge in [0.15, 0.2) is 5.13 Å². The summed E-state index contributed by atoms with van der Waals surface area (Å²) in [6, 6.07) is 0. The Labute approximate surface area is 103 Å². The summed E-state index contributed by atoms with van der Waals surface area (Å²) in [7, 11) is 0. The second kappa shape index (κ2) is 5.78. The van der Waals surface area contributed by atoms with Crippen molar-refractivity contribution in [3.8, 4) is 0 Å². The van der Waals surface area contributed by atoms with Gasteiger partial charge in [-0.3, -0.25) is 14.9 Å². The summed E-state index contributed by atoms with van der Waals surface area (Å²) in [6.45, 7) is 0.453. The van der Waals surface area contributed by atoms with Gasteiger partial charge >= 0.3 is 12.1 Å². The van der Waals surface area contributed by atoms with E-state index in [0.29, 0.717) is 0 Å². The number of aromatic nitrogens is 1. The zero-order valence-corrected chi connectivity index (χ0v) is 9.69. The van der Waals surface area contributed by atoms with Crippen LogP contribution in [0.1, 0.15) is 10.5 Å². The number of alkyl halides is 3. The van der Waals surface area contributed by atoms with Gasteiger partial charge in [0.05, 0.1) is 0 Å². The van der Waals surface area contributed by atoms with Gasteiger partial charge in [-0.1, -0.05) is 0 Å². The normalized spacial score (nSPS) is 11.1. The first-order valence-corrected chi connectivity index (χ1v) is 5.54. The van der Waals surface area contributed by atoms with E-state index in [0.717, 1.165) is 11.3 Å². The molecule has 18 heavy (non-hydrogen) atoms. The van der Waals surface area contributed by atoms with Crippen LogP contribution in [0.15, 0.2) is 5.38 Å². The first kappa shape index (κ1) is 14.4. The molecule has 10 heteroatoms. The number of anilines is 1. The van der Waals surface area contributed by atoms with Crippen LogP contribution in [0.25, 0.3) is 0 Å². The topological polar surface area (TPSA) is 97.1 Å². The molecule has 0 saturated carbocycles. The highest BCUT2D eigenvalue weighted by Gasteiger charge is 2.39. The van der Waals surface area contributed by atoms with Gasteiger partial charge in [0.1, 0.15) is 5.69 Å². The summed E-state index contributed by atoms with van der Waals surface area (Å²) in [5.74, 6) is -2.70. The Kier molecular flexibility index (Phi) is 4.62. The maximum atomic E-state index is 11.9. The molecule has 0 bridgehead atoms. The van der Waals surface area contributed by atoms with Crippen molar-refractivity contribution in [1.29, 1.82) is 0 Å². The number of halogens is 3. The fourth-order valence-electron chi connectivity index (χ4n) is 0.880. The van der Waals surface area contributed by atoms with Crippen LogP contribution < -0.4 is 16.4 Å². The van der Waals surface area contributed by atoms with E-state index in [9.17, 15) is 22.8 Å². The number of nitrogens with two attached hydrogens (primary N) is 1. The van der Waals surface area contributed by atoms with E-state index in [-0.39, 0.29) is 23.9 Å². The lowest BCUT2D eigenvalue weighted by Gasteiger charge is -2.04. The average molecular weight is 282 g/mol. The molecule has 0 aromatic carbocycles. The third kappa shape index (κ3) is 3.96. The minimum atomic E-state index is -4.99. The molecule has 0 atom stereocenters. The number of hydrogen-bond donors (Lipinski definition) is 3. The van der Waals surface area contributed by atoms with Crippen LogP contribution in [-0.4, -0.2) is 36.1 Å². The summed E-state index contributed by atoms with van der Waals surface area (Å²) in [5, 5.41) is 4.88. The molecule has 2 amide bonds. The van der Waals surface area contributed by atoms with Crippen LogP contribution in [0.2, 0.25) is 0 Å². The first-order valence-electron chi connectivity index (χ1n) is 4.66. The second-order valence-corrected chi connectivity index (χ2v) is 3.89. The van der Waals surface area contributed by atoms with Crippen LogP contribution >= 0.6 is 11.3 Å². The van der Waals surface area contributed by atoms with Crippen LogP contribution in [-0.2, 0) is 4.79 Å². The van der Waals surface area contributed by atoms with Crippen LogP contribution in [0, 0.1) is 0 Å². The summed E-state index contributed by atoms with van der Waals surface area (Å²) in [6.07, 6.45) is -4.99. The predicted molar refractivity (Wildman–Crippen MR) is 58.2 cm³/mol. The standard InChI is InChI=1S/C8H9F3N4O2S/c9-8(10,11)6(17)15-7-14-4(3-18-7)5(16)13-2-1-12/h3H,1-2,12H2,(H,13,16)(H,14,15,17). The third-order valence-electron chi connectivity index (χ3n) is 1.64. The molecule has 0 aliphatic heterocycles. The Morgan fingerprint density at radius 2 is 2.11 bits per heavy atom. The van der Waals surface area contributed by atoms with Crippen molar-refractivity contribution in [1.82, 2.24) is 10.3 Å². The van der Waals surface area contributed by atoms with Crippen molar-refractivity contribution in [3.05, 3.63) is 11.1 Å². The van der Waals surface area contributed by atoms with E-state index in [4.69, 9.17) is 5.73 Å². The number of hydrogen-bond acceptors (Lipinski definition) is 5. The molecule has 4 N–H and O–H groups in total. The second-order valence-electron chi connectivity index (χ2n) is 3.03. The average Bonchev–Trinajstić information content (AvgIpc) is 2.73. The quantitative estimate of drug-likeness (QED) is 0.741. The van der Waals surface area contributed by atoms with Crippen LogP contribution in [0.4, 0.5) is 18.3 Å². The molecule has 1 heterocycles. The van der Waals surface area contributed by atoms with Crippen molar-refractivity contribution >= 4 is 28.3 Å². The number of nitrogens with zero attached hydrogens (tertiary/aromatic N) is 1. The van der Waals surface area contributed by atoms with E-state index in [2.05, 4.69) is 10.3 Å². The number of thiazole rings is 1. The van der Waals surface area contributed by atoms with Gasteiger partial charge in [-0.15, -0.1) is 11.3 Å². The Morgan fingerprint density at radius 1 is 1.44 bits per heavy atom. The lowest BCUT2D eigenvalue weighted by Crippen LogP contribution is -2.30. The summed E-state index contributed by atoms with van der Waals surface area (Å²) in [4.78, 5) is 25.5. The predicted octanol–water partition coefficient (Wildman–Crippen LogP) is 0.332. The maximum Gasteiger partial charge on any atom is 0.471 e. The van der Waals surface area contributed by atoms with Crippen molar-refractivity contribution < 1.29 is 22.8 Å². The van der Waals surface area contributed by atoms with Gasteiger partial charge < -0.3 is 11.1 Å². The molecule has 0 fully saturated rings. The highest BCUT2D eigenvalue weighted by molar-refractivity contribution is 7.14. The molecular formula is C8H9F3N4O2S. The van der Waals surface area contributed by atoms with Gasteiger partial charge in [-0.2, -0.15) is 13.2 Å². The number of nitrogens with one attached hydrogen (secondary N) is 2. The fraction of sp³-hybridized carbons (Fsp3) is 0.375.